The third kappa shape index (κ3) is 4.83. The van der Waals surface area contributed by atoms with Crippen molar-refractivity contribution in [2.24, 2.45) is 0 Å². The molecule has 7 heteroatoms. The molecule has 2 atom stereocenters. The van der Waals surface area contributed by atoms with Crippen LogP contribution in [0.25, 0.3) is 11.0 Å². The topological polar surface area (TPSA) is 63.5 Å². The Morgan fingerprint density at radius 2 is 1.78 bits per heavy atom. The third-order valence-corrected chi connectivity index (χ3v) is 4.11. The molecule has 1 amide bonds. The first-order valence-corrected chi connectivity index (χ1v) is 8.52. The van der Waals surface area contributed by atoms with Gasteiger partial charge in [-0.05, 0) is 50.2 Å². The number of hydrogen-bond donors (Lipinski definition) is 2. The van der Waals surface area contributed by atoms with Crippen LogP contribution in [0.5, 0.6) is 5.75 Å². The van der Waals surface area contributed by atoms with Gasteiger partial charge in [0, 0.05) is 11.1 Å². The molecule has 0 bridgehead atoms. The number of furan rings is 1. The molecule has 2 unspecified atom stereocenters. The summed E-state index contributed by atoms with van der Waals surface area (Å²) >= 11 is 0. The molecule has 1 aromatic heterocycles. The van der Waals surface area contributed by atoms with Gasteiger partial charge in [-0.3, -0.25) is 10.1 Å². The Morgan fingerprint density at radius 1 is 1.07 bits per heavy atom. The van der Waals surface area contributed by atoms with E-state index in [-0.39, 0.29) is 17.7 Å². The van der Waals surface area contributed by atoms with Gasteiger partial charge in [0.05, 0.1) is 12.1 Å². The van der Waals surface area contributed by atoms with Gasteiger partial charge in [-0.2, -0.15) is 8.78 Å². The minimum atomic E-state index is -2.88. The normalized spacial score (nSPS) is 13.5. The first kappa shape index (κ1) is 18.8. The van der Waals surface area contributed by atoms with Crippen LogP contribution in [0, 0.1) is 0 Å². The van der Waals surface area contributed by atoms with Crippen molar-refractivity contribution >= 4 is 22.6 Å². The van der Waals surface area contributed by atoms with Crippen molar-refractivity contribution in [1.82, 2.24) is 5.32 Å². The van der Waals surface area contributed by atoms with Crippen LogP contribution < -0.4 is 15.4 Å². The summed E-state index contributed by atoms with van der Waals surface area (Å²) in [4.78, 5) is 12.4. The molecule has 0 aliphatic rings. The number of carbonyl (C=O) groups is 1. The van der Waals surface area contributed by atoms with Crippen molar-refractivity contribution in [3.63, 3.8) is 0 Å². The second-order valence-electron chi connectivity index (χ2n) is 6.19. The Kier molecular flexibility index (Phi) is 5.71. The van der Waals surface area contributed by atoms with E-state index in [1.807, 2.05) is 37.3 Å². The maximum absolute atomic E-state index is 12.4. The van der Waals surface area contributed by atoms with Crippen molar-refractivity contribution in [2.75, 3.05) is 5.32 Å². The monoisotopic (exact) mass is 374 g/mol. The predicted octanol–water partition coefficient (Wildman–Crippen LogP) is 4.71. The molecule has 27 heavy (non-hydrogen) atoms. The van der Waals surface area contributed by atoms with Gasteiger partial charge in [-0.25, -0.2) is 0 Å². The van der Waals surface area contributed by atoms with Crippen LogP contribution in [0.15, 0.2) is 59.0 Å². The second-order valence-corrected chi connectivity index (χ2v) is 6.19. The van der Waals surface area contributed by atoms with Gasteiger partial charge in [0.25, 0.3) is 0 Å². The van der Waals surface area contributed by atoms with Gasteiger partial charge < -0.3 is 14.5 Å². The summed E-state index contributed by atoms with van der Waals surface area (Å²) in [5.41, 5.74) is 1.29. The molecular weight excluding hydrogens is 354 g/mol. The SMILES string of the molecule is CC(NC(C)c1cc2ccccc2o1)C(=O)Nc1ccc(OC(F)F)cc1. The van der Waals surface area contributed by atoms with Gasteiger partial charge >= 0.3 is 6.61 Å². The predicted molar refractivity (Wildman–Crippen MR) is 98.9 cm³/mol. The molecule has 3 aromatic rings. The first-order chi connectivity index (χ1) is 12.9. The van der Waals surface area contributed by atoms with Crippen LogP contribution in [0.3, 0.4) is 0 Å². The van der Waals surface area contributed by atoms with Crippen LogP contribution in [0.4, 0.5) is 14.5 Å². The molecule has 0 saturated carbocycles. The van der Waals surface area contributed by atoms with E-state index in [0.717, 1.165) is 16.7 Å². The van der Waals surface area contributed by atoms with Gasteiger partial charge in [0.2, 0.25) is 5.91 Å². The number of hydrogen-bond acceptors (Lipinski definition) is 4. The Labute approximate surface area is 155 Å². The highest BCUT2D eigenvalue weighted by molar-refractivity contribution is 5.94. The first-order valence-electron chi connectivity index (χ1n) is 8.52. The van der Waals surface area contributed by atoms with Crippen molar-refractivity contribution in [3.05, 3.63) is 60.4 Å². The van der Waals surface area contributed by atoms with E-state index in [1.165, 1.54) is 24.3 Å². The highest BCUT2D eigenvalue weighted by Crippen LogP contribution is 2.24. The Balaban J connectivity index is 1.58. The van der Waals surface area contributed by atoms with E-state index in [9.17, 15) is 13.6 Å². The Bertz CT molecular complexity index is 876. The highest BCUT2D eigenvalue weighted by atomic mass is 19.3. The molecule has 0 aliphatic heterocycles. The van der Waals surface area contributed by atoms with Crippen LogP contribution in [-0.2, 0) is 4.79 Å². The summed E-state index contributed by atoms with van der Waals surface area (Å²) in [5, 5.41) is 6.92. The van der Waals surface area contributed by atoms with Crippen molar-refractivity contribution < 1.29 is 22.7 Å². The average molecular weight is 374 g/mol. The smallest absolute Gasteiger partial charge is 0.387 e. The lowest BCUT2D eigenvalue weighted by Gasteiger charge is -2.18. The number of benzene rings is 2. The highest BCUT2D eigenvalue weighted by Gasteiger charge is 2.19. The van der Waals surface area contributed by atoms with Crippen molar-refractivity contribution in [1.29, 1.82) is 0 Å². The molecule has 3 rings (SSSR count). The largest absolute Gasteiger partial charge is 0.459 e. The number of amides is 1. The fourth-order valence-corrected chi connectivity index (χ4v) is 2.72. The Hall–Kier alpha value is -2.93. The van der Waals surface area contributed by atoms with Crippen molar-refractivity contribution in [2.45, 2.75) is 32.5 Å². The standard InChI is InChI=1S/C20H20F2N2O3/c1-12(18-11-14-5-3-4-6-17(14)27-18)23-13(2)19(25)24-15-7-9-16(10-8-15)26-20(21)22/h3-13,20,23H,1-2H3,(H,24,25). The fraction of sp³-hybridized carbons (Fsp3) is 0.250. The number of ether oxygens (including phenoxy) is 1. The number of nitrogens with one attached hydrogen (secondary N) is 2. The number of alkyl halides is 2. The number of rotatable bonds is 7. The van der Waals surface area contributed by atoms with E-state index < -0.39 is 12.7 Å². The zero-order valence-electron chi connectivity index (χ0n) is 14.9. The van der Waals surface area contributed by atoms with Gasteiger partial charge in [0.15, 0.2) is 0 Å². The van der Waals surface area contributed by atoms with E-state index >= 15 is 0 Å². The fourth-order valence-electron chi connectivity index (χ4n) is 2.72. The molecular formula is C20H20F2N2O3. The summed E-state index contributed by atoms with van der Waals surface area (Å²) in [7, 11) is 0. The minimum absolute atomic E-state index is 0.0349. The maximum atomic E-state index is 12.4. The number of para-hydroxylation sites is 1. The lowest BCUT2D eigenvalue weighted by Crippen LogP contribution is -2.39. The molecule has 2 aromatic carbocycles. The molecule has 0 radical (unpaired) electrons. The van der Waals surface area contributed by atoms with Crippen LogP contribution in [-0.4, -0.2) is 18.6 Å². The number of halogens is 2. The molecule has 2 N–H and O–H groups in total. The van der Waals surface area contributed by atoms with E-state index in [2.05, 4.69) is 15.4 Å². The van der Waals surface area contributed by atoms with Crippen LogP contribution >= 0.6 is 0 Å². The lowest BCUT2D eigenvalue weighted by molar-refractivity contribution is -0.118. The maximum Gasteiger partial charge on any atom is 0.387 e. The molecule has 0 spiro atoms. The number of anilines is 1. The van der Waals surface area contributed by atoms with Crippen LogP contribution in [0.2, 0.25) is 0 Å². The van der Waals surface area contributed by atoms with Crippen LogP contribution in [0.1, 0.15) is 25.6 Å². The molecule has 1 heterocycles. The zero-order chi connectivity index (χ0) is 19.4. The molecule has 0 fully saturated rings. The van der Waals surface area contributed by atoms with Gasteiger partial charge in [0.1, 0.15) is 17.1 Å². The van der Waals surface area contributed by atoms with E-state index in [0.29, 0.717) is 5.69 Å². The average Bonchev–Trinajstić information content (AvgIpc) is 3.07. The molecule has 0 aliphatic carbocycles. The third-order valence-electron chi connectivity index (χ3n) is 4.11. The summed E-state index contributed by atoms with van der Waals surface area (Å²) in [5.74, 6) is 0.525. The lowest BCUT2D eigenvalue weighted by atomic mass is 10.2. The molecule has 142 valence electrons. The van der Waals surface area contributed by atoms with E-state index in [1.54, 1.807) is 6.92 Å². The summed E-state index contributed by atoms with van der Waals surface area (Å²) < 4.78 is 34.4. The Morgan fingerprint density at radius 3 is 2.44 bits per heavy atom. The number of fused-ring (bicyclic) bond motifs is 1. The van der Waals surface area contributed by atoms with Gasteiger partial charge in [-0.1, -0.05) is 18.2 Å². The molecule has 5 nitrogen and oxygen atoms in total. The summed E-state index contributed by atoms with van der Waals surface area (Å²) in [6.07, 6.45) is 0. The second kappa shape index (κ2) is 8.18. The summed E-state index contributed by atoms with van der Waals surface area (Å²) in [6.45, 7) is 0.773. The molecule has 0 saturated heterocycles. The van der Waals surface area contributed by atoms with E-state index in [4.69, 9.17) is 4.42 Å². The summed E-state index contributed by atoms with van der Waals surface area (Å²) in [6, 6.07) is 14.7. The minimum Gasteiger partial charge on any atom is -0.459 e. The quantitative estimate of drug-likeness (QED) is 0.629. The zero-order valence-corrected chi connectivity index (χ0v) is 14.9. The van der Waals surface area contributed by atoms with Crippen molar-refractivity contribution in [3.8, 4) is 5.75 Å². The number of carbonyl (C=O) groups excluding carboxylic acids is 1. The van der Waals surface area contributed by atoms with Gasteiger partial charge in [-0.15, -0.1) is 0 Å².